The molecule has 5 aromatic carbocycles. The van der Waals surface area contributed by atoms with Gasteiger partial charge in [0.1, 0.15) is 29.4 Å². The maximum Gasteiger partial charge on any atom is 0.143 e. The summed E-state index contributed by atoms with van der Waals surface area (Å²) < 4.78 is 26.9. The van der Waals surface area contributed by atoms with Crippen LogP contribution in [0, 0.1) is 11.3 Å². The number of fused-ring (bicyclic) bond motifs is 3. The zero-order chi connectivity index (χ0) is 33.1. The molecule has 0 saturated carbocycles. The number of rotatable bonds is 10. The zero-order valence-electron chi connectivity index (χ0n) is 26.8. The lowest BCUT2D eigenvalue weighted by molar-refractivity contribution is -0.0923. The Labute approximate surface area is 279 Å². The Hall–Kier alpha value is -5.39. The molecule has 0 bridgehead atoms. The number of hydrogen-bond acceptors (Lipinski definition) is 6. The fourth-order valence-corrected chi connectivity index (χ4v) is 6.87. The first-order valence-electron chi connectivity index (χ1n) is 16.0. The molecule has 1 unspecified atom stereocenters. The third-order valence-electron chi connectivity index (χ3n) is 9.21. The van der Waals surface area contributed by atoms with Gasteiger partial charge in [-0.05, 0) is 70.8 Å². The van der Waals surface area contributed by atoms with Crippen LogP contribution in [0.5, 0.6) is 11.5 Å². The molecular formula is C41H36N2O5. The van der Waals surface area contributed by atoms with E-state index in [1.54, 1.807) is 20.3 Å². The van der Waals surface area contributed by atoms with Gasteiger partial charge in [-0.1, -0.05) is 78.9 Å². The molecule has 6 aromatic rings. The molecule has 7 nitrogen and oxygen atoms in total. The average molecular weight is 637 g/mol. The second-order valence-electron chi connectivity index (χ2n) is 11.9. The van der Waals surface area contributed by atoms with Crippen molar-refractivity contribution in [2.45, 2.75) is 30.5 Å². The van der Waals surface area contributed by atoms with Gasteiger partial charge >= 0.3 is 0 Å². The van der Waals surface area contributed by atoms with Crippen LogP contribution in [-0.2, 0) is 15.1 Å². The highest BCUT2D eigenvalue weighted by Crippen LogP contribution is 2.44. The predicted octanol–water partition coefficient (Wildman–Crippen LogP) is 8.01. The predicted molar refractivity (Wildman–Crippen MR) is 187 cm³/mol. The minimum Gasteiger partial charge on any atom is -0.497 e. The van der Waals surface area contributed by atoms with E-state index in [2.05, 4.69) is 47.0 Å². The standard InChI is InChI=1S/C41H36N2O5/c1-45-32-19-15-30(16-20-32)41(29-10-4-3-5-11-29,31-17-21-33(46-2)22-18-31)47-27-39-38(44)26-40(48-39)43-36-13-7-6-12-34(36)35-25-28(9-8-24-42)14-23-37(35)43/h3-23,25,38-40,44H,26-27H2,1-2H3/b9-8+/t38?,39-,40-/m1/s1. The highest BCUT2D eigenvalue weighted by atomic mass is 16.6. The number of ether oxygens (including phenoxy) is 4. The summed E-state index contributed by atoms with van der Waals surface area (Å²) in [6.07, 6.45) is 1.92. The average Bonchev–Trinajstić information content (AvgIpc) is 3.68. The van der Waals surface area contributed by atoms with E-state index in [0.717, 1.165) is 55.6 Å². The highest BCUT2D eigenvalue weighted by Gasteiger charge is 2.42. The summed E-state index contributed by atoms with van der Waals surface area (Å²) in [6.45, 7) is 0.130. The summed E-state index contributed by atoms with van der Waals surface area (Å²) in [4.78, 5) is 0. The van der Waals surface area contributed by atoms with Crippen LogP contribution in [0.25, 0.3) is 27.9 Å². The van der Waals surface area contributed by atoms with Gasteiger partial charge in [0.25, 0.3) is 0 Å². The van der Waals surface area contributed by atoms with Gasteiger partial charge in [0, 0.05) is 23.3 Å². The van der Waals surface area contributed by atoms with Crippen LogP contribution in [0.4, 0.5) is 0 Å². The Morgan fingerprint density at radius 2 is 1.40 bits per heavy atom. The molecule has 48 heavy (non-hydrogen) atoms. The van der Waals surface area contributed by atoms with Crippen molar-refractivity contribution in [3.05, 3.63) is 150 Å². The van der Waals surface area contributed by atoms with E-state index in [1.165, 1.54) is 6.08 Å². The van der Waals surface area contributed by atoms with Gasteiger partial charge in [0.2, 0.25) is 0 Å². The minimum absolute atomic E-state index is 0.130. The van der Waals surface area contributed by atoms with Crippen LogP contribution in [0.1, 0.15) is 34.9 Å². The van der Waals surface area contributed by atoms with Crippen LogP contribution in [0.3, 0.4) is 0 Å². The first kappa shape index (κ1) is 31.2. The quantitative estimate of drug-likeness (QED) is 0.121. The molecule has 7 heteroatoms. The van der Waals surface area contributed by atoms with Gasteiger partial charge < -0.3 is 28.6 Å². The molecule has 2 heterocycles. The molecule has 0 aliphatic carbocycles. The van der Waals surface area contributed by atoms with E-state index < -0.39 is 24.0 Å². The summed E-state index contributed by atoms with van der Waals surface area (Å²) >= 11 is 0. The Morgan fingerprint density at radius 3 is 2.04 bits per heavy atom. The van der Waals surface area contributed by atoms with E-state index in [9.17, 15) is 5.11 Å². The maximum atomic E-state index is 11.5. The molecular weight excluding hydrogens is 600 g/mol. The molecule has 240 valence electrons. The number of aliphatic hydroxyl groups excluding tert-OH is 1. The normalized spacial score (nSPS) is 18.0. The van der Waals surface area contributed by atoms with Gasteiger partial charge in [-0.2, -0.15) is 5.26 Å². The number of allylic oxidation sites excluding steroid dienone is 1. The topological polar surface area (TPSA) is 85.9 Å². The summed E-state index contributed by atoms with van der Waals surface area (Å²) in [5.41, 5.74) is 4.69. The van der Waals surface area contributed by atoms with Gasteiger partial charge in [0.05, 0.1) is 44.0 Å². The monoisotopic (exact) mass is 636 g/mol. The molecule has 1 aliphatic heterocycles. The van der Waals surface area contributed by atoms with Crippen molar-refractivity contribution < 1.29 is 24.1 Å². The number of nitriles is 1. The first-order valence-corrected chi connectivity index (χ1v) is 16.0. The Kier molecular flexibility index (Phi) is 8.70. The second-order valence-corrected chi connectivity index (χ2v) is 11.9. The van der Waals surface area contributed by atoms with Crippen molar-refractivity contribution in [3.8, 4) is 17.6 Å². The largest absolute Gasteiger partial charge is 0.497 e. The first-order chi connectivity index (χ1) is 23.5. The molecule has 3 atom stereocenters. The molecule has 1 aromatic heterocycles. The molecule has 1 N–H and O–H groups in total. The lowest BCUT2D eigenvalue weighted by atomic mass is 9.80. The van der Waals surface area contributed by atoms with Crippen molar-refractivity contribution in [1.82, 2.24) is 4.57 Å². The number of aromatic nitrogens is 1. The van der Waals surface area contributed by atoms with Crippen molar-refractivity contribution in [3.63, 3.8) is 0 Å². The van der Waals surface area contributed by atoms with Gasteiger partial charge in [-0.3, -0.25) is 0 Å². The molecule has 0 radical (unpaired) electrons. The van der Waals surface area contributed by atoms with Gasteiger partial charge in [-0.15, -0.1) is 0 Å². The number of para-hydroxylation sites is 1. The van der Waals surface area contributed by atoms with E-state index in [4.69, 9.17) is 24.2 Å². The van der Waals surface area contributed by atoms with E-state index in [0.29, 0.717) is 6.42 Å². The van der Waals surface area contributed by atoms with Crippen molar-refractivity contribution in [2.75, 3.05) is 20.8 Å². The van der Waals surface area contributed by atoms with E-state index in [1.807, 2.05) is 84.9 Å². The third-order valence-corrected chi connectivity index (χ3v) is 9.21. The van der Waals surface area contributed by atoms with Crippen LogP contribution in [-0.4, -0.2) is 42.7 Å². The Morgan fingerprint density at radius 1 is 0.792 bits per heavy atom. The molecule has 0 amide bonds. The molecule has 1 aliphatic rings. The smallest absolute Gasteiger partial charge is 0.143 e. The molecule has 7 rings (SSSR count). The summed E-state index contributed by atoms with van der Waals surface area (Å²) in [5.74, 6) is 1.49. The van der Waals surface area contributed by atoms with Crippen LogP contribution in [0.2, 0.25) is 0 Å². The van der Waals surface area contributed by atoms with Crippen LogP contribution in [0.15, 0.2) is 127 Å². The van der Waals surface area contributed by atoms with E-state index in [-0.39, 0.29) is 6.61 Å². The lowest BCUT2D eigenvalue weighted by Crippen LogP contribution is -2.38. The van der Waals surface area contributed by atoms with Crippen LogP contribution >= 0.6 is 0 Å². The number of methoxy groups -OCH3 is 2. The van der Waals surface area contributed by atoms with Crippen molar-refractivity contribution in [2.24, 2.45) is 0 Å². The molecule has 0 spiro atoms. The molecule has 1 saturated heterocycles. The third kappa shape index (κ3) is 5.61. The Bertz CT molecular complexity index is 2050. The number of nitrogens with zero attached hydrogens (tertiary/aromatic N) is 2. The highest BCUT2D eigenvalue weighted by molar-refractivity contribution is 6.08. The number of benzene rings is 5. The second kappa shape index (κ2) is 13.4. The SMILES string of the molecule is COc1ccc(C(OC[C@H]2O[C@@H](n3c4ccccc4c4cc(/C=C/C#N)ccc43)CC2O)(c2ccccc2)c2ccc(OC)cc2)cc1. The summed E-state index contributed by atoms with van der Waals surface area (Å²) in [6, 6.07) is 42.3. The fourth-order valence-electron chi connectivity index (χ4n) is 6.87. The summed E-state index contributed by atoms with van der Waals surface area (Å²) in [5, 5.41) is 22.7. The fraction of sp³-hybridized carbons (Fsp3) is 0.195. The van der Waals surface area contributed by atoms with Crippen LogP contribution < -0.4 is 9.47 Å². The Balaban J connectivity index is 1.26. The molecule has 1 fully saturated rings. The number of hydrogen-bond donors (Lipinski definition) is 1. The number of aliphatic hydroxyl groups is 1. The summed E-state index contributed by atoms with van der Waals surface area (Å²) in [7, 11) is 3.30. The van der Waals surface area contributed by atoms with E-state index >= 15 is 0 Å². The van der Waals surface area contributed by atoms with Gasteiger partial charge in [0.15, 0.2) is 0 Å². The zero-order valence-corrected chi connectivity index (χ0v) is 26.8. The van der Waals surface area contributed by atoms with Crippen molar-refractivity contribution >= 4 is 27.9 Å². The lowest BCUT2D eigenvalue weighted by Gasteiger charge is -2.37. The minimum atomic E-state index is -1.03. The maximum absolute atomic E-state index is 11.5. The van der Waals surface area contributed by atoms with Crippen molar-refractivity contribution in [1.29, 1.82) is 5.26 Å². The van der Waals surface area contributed by atoms with Gasteiger partial charge in [-0.25, -0.2) is 0 Å².